The third kappa shape index (κ3) is 4.18. The van der Waals surface area contributed by atoms with Crippen LogP contribution in [-0.2, 0) is 18.0 Å². The first-order valence-electron chi connectivity index (χ1n) is 8.02. The van der Waals surface area contributed by atoms with E-state index < -0.39 is 23.2 Å². The van der Waals surface area contributed by atoms with Gasteiger partial charge in [-0.3, -0.25) is 4.79 Å². The Hall–Kier alpha value is -2.30. The van der Waals surface area contributed by atoms with Crippen LogP contribution < -0.4 is 0 Å². The molecule has 0 bridgehead atoms. The highest BCUT2D eigenvalue weighted by molar-refractivity contribution is 8.00. The first kappa shape index (κ1) is 21.0. The zero-order chi connectivity index (χ0) is 20.5. The molecular weight excluding hydrogens is 385 g/mol. The Kier molecular flexibility index (Phi) is 6.03. The second-order valence-electron chi connectivity index (χ2n) is 5.83. The second kappa shape index (κ2) is 7.75. The van der Waals surface area contributed by atoms with Gasteiger partial charge in [-0.2, -0.15) is 13.2 Å². The zero-order valence-electron chi connectivity index (χ0n) is 15.4. The molecule has 11 heteroatoms. The van der Waals surface area contributed by atoms with E-state index in [1.807, 2.05) is 0 Å². The monoisotopic (exact) mass is 404 g/mol. The Labute approximate surface area is 157 Å². The molecular formula is C16H19F3N4O3S. The van der Waals surface area contributed by atoms with E-state index in [-0.39, 0.29) is 28.8 Å². The highest BCUT2D eigenvalue weighted by atomic mass is 32.2. The number of hydrogen-bond acceptors (Lipinski definition) is 6. The van der Waals surface area contributed by atoms with Crippen molar-refractivity contribution in [3.05, 3.63) is 28.3 Å². The number of nitrogens with one attached hydrogen (secondary N) is 1. The number of nitrogens with zero attached hydrogens (tertiary/aromatic N) is 3. The Morgan fingerprint density at radius 1 is 1.30 bits per heavy atom. The van der Waals surface area contributed by atoms with Crippen LogP contribution in [0.15, 0.2) is 5.16 Å². The normalized spacial score (nSPS) is 12.9. The first-order valence-corrected chi connectivity index (χ1v) is 8.90. The molecule has 0 spiro atoms. The van der Waals surface area contributed by atoms with E-state index in [4.69, 9.17) is 4.74 Å². The van der Waals surface area contributed by atoms with E-state index in [0.717, 1.165) is 16.3 Å². The lowest BCUT2D eigenvalue weighted by Crippen LogP contribution is -2.17. The molecule has 0 saturated carbocycles. The summed E-state index contributed by atoms with van der Waals surface area (Å²) < 4.78 is 44.2. The molecule has 0 aromatic carbocycles. The van der Waals surface area contributed by atoms with Gasteiger partial charge in [-0.25, -0.2) is 4.79 Å². The molecule has 1 N–H and O–H groups in total. The number of esters is 1. The number of ether oxygens (including phenoxy) is 1. The van der Waals surface area contributed by atoms with Crippen molar-refractivity contribution in [3.8, 4) is 0 Å². The van der Waals surface area contributed by atoms with Crippen LogP contribution in [0.1, 0.15) is 51.8 Å². The fourth-order valence-corrected chi connectivity index (χ4v) is 3.46. The molecule has 0 aliphatic carbocycles. The summed E-state index contributed by atoms with van der Waals surface area (Å²) in [6.07, 6.45) is -4.63. The minimum Gasteiger partial charge on any atom is -0.462 e. The number of hydrogen-bond donors (Lipinski definition) is 1. The number of Topliss-reactive ketones (excluding diaryl/α,β-unsaturated/α-hetero) is 1. The van der Waals surface area contributed by atoms with Gasteiger partial charge in [-0.1, -0.05) is 11.8 Å². The van der Waals surface area contributed by atoms with Crippen LogP contribution in [0.3, 0.4) is 0 Å². The van der Waals surface area contributed by atoms with Crippen molar-refractivity contribution < 1.29 is 27.5 Å². The van der Waals surface area contributed by atoms with Crippen LogP contribution >= 0.6 is 11.8 Å². The zero-order valence-corrected chi connectivity index (χ0v) is 16.2. The van der Waals surface area contributed by atoms with Crippen molar-refractivity contribution in [1.82, 2.24) is 19.7 Å². The molecule has 27 heavy (non-hydrogen) atoms. The molecule has 2 heterocycles. The summed E-state index contributed by atoms with van der Waals surface area (Å²) in [7, 11) is 1.19. The third-order valence-corrected chi connectivity index (χ3v) is 5.04. The number of carbonyl (C=O) groups is 2. The van der Waals surface area contributed by atoms with E-state index >= 15 is 0 Å². The van der Waals surface area contributed by atoms with Crippen LogP contribution in [0.5, 0.6) is 0 Å². The van der Waals surface area contributed by atoms with Crippen molar-refractivity contribution in [1.29, 1.82) is 0 Å². The van der Waals surface area contributed by atoms with Gasteiger partial charge in [0.05, 0.1) is 23.1 Å². The van der Waals surface area contributed by atoms with Crippen molar-refractivity contribution >= 4 is 23.5 Å². The predicted octanol–water partition coefficient (Wildman–Crippen LogP) is 3.32. The number of ketones is 1. The maximum atomic E-state index is 12.8. The largest absolute Gasteiger partial charge is 0.462 e. The number of alkyl halides is 3. The van der Waals surface area contributed by atoms with Gasteiger partial charge >= 0.3 is 12.1 Å². The Bertz CT molecular complexity index is 873. The van der Waals surface area contributed by atoms with Crippen LogP contribution in [0.2, 0.25) is 0 Å². The van der Waals surface area contributed by atoms with Gasteiger partial charge in [-0.15, -0.1) is 10.2 Å². The highest BCUT2D eigenvalue weighted by Gasteiger charge is 2.38. The molecule has 0 aliphatic heterocycles. The van der Waals surface area contributed by atoms with Gasteiger partial charge in [0.2, 0.25) is 5.82 Å². The molecule has 148 valence electrons. The molecule has 2 aromatic heterocycles. The van der Waals surface area contributed by atoms with E-state index in [9.17, 15) is 22.8 Å². The molecule has 2 rings (SSSR count). The lowest BCUT2D eigenvalue weighted by atomic mass is 10.1. The minimum absolute atomic E-state index is 0.0327. The lowest BCUT2D eigenvalue weighted by Gasteiger charge is -2.10. The maximum absolute atomic E-state index is 12.8. The minimum atomic E-state index is -4.63. The summed E-state index contributed by atoms with van der Waals surface area (Å²) in [6.45, 7) is 6.69. The topological polar surface area (TPSA) is 89.9 Å². The number of halogens is 3. The lowest BCUT2D eigenvalue weighted by molar-refractivity contribution is -0.147. The summed E-state index contributed by atoms with van der Waals surface area (Å²) in [5.74, 6) is -2.04. The predicted molar refractivity (Wildman–Crippen MR) is 91.9 cm³/mol. The molecule has 0 saturated heterocycles. The number of aryl methyl sites for hydroxylation is 1. The molecule has 0 aliphatic rings. The molecule has 0 unspecified atom stereocenters. The SMILES string of the molecule is CCOC(=O)c1c(C)[nH]c(C(=O)[C@H](C)Sc2nnc(C(F)(F)F)n2C)c1C. The summed E-state index contributed by atoms with van der Waals surface area (Å²) in [6, 6.07) is 0. The molecule has 0 fully saturated rings. The Morgan fingerprint density at radius 3 is 2.44 bits per heavy atom. The number of carbonyl (C=O) groups excluding carboxylic acids is 2. The van der Waals surface area contributed by atoms with Gasteiger partial charge < -0.3 is 14.3 Å². The number of H-pyrrole nitrogens is 1. The average molecular weight is 404 g/mol. The van der Waals surface area contributed by atoms with E-state index in [1.54, 1.807) is 27.7 Å². The molecule has 1 atom stereocenters. The molecule has 2 aromatic rings. The summed E-state index contributed by atoms with van der Waals surface area (Å²) >= 11 is 0.856. The maximum Gasteiger partial charge on any atom is 0.451 e. The number of rotatable bonds is 6. The second-order valence-corrected chi connectivity index (χ2v) is 7.14. The number of thioether (sulfide) groups is 1. The first-order chi connectivity index (χ1) is 12.5. The Balaban J connectivity index is 2.25. The van der Waals surface area contributed by atoms with Gasteiger partial charge in [0.15, 0.2) is 10.9 Å². The molecule has 0 radical (unpaired) electrons. The smallest absolute Gasteiger partial charge is 0.451 e. The molecule has 0 amide bonds. The van der Waals surface area contributed by atoms with Crippen molar-refractivity contribution in [3.63, 3.8) is 0 Å². The van der Waals surface area contributed by atoms with Gasteiger partial charge in [0.25, 0.3) is 0 Å². The summed E-state index contributed by atoms with van der Waals surface area (Å²) in [5, 5.41) is 5.87. The summed E-state index contributed by atoms with van der Waals surface area (Å²) in [5.41, 5.74) is 1.44. The van der Waals surface area contributed by atoms with Crippen LogP contribution in [0.4, 0.5) is 13.2 Å². The van der Waals surface area contributed by atoms with Crippen molar-refractivity contribution in [2.24, 2.45) is 7.05 Å². The van der Waals surface area contributed by atoms with Crippen molar-refractivity contribution in [2.45, 2.75) is 44.3 Å². The fourth-order valence-electron chi connectivity index (χ4n) is 2.59. The molecule has 7 nitrogen and oxygen atoms in total. The van der Waals surface area contributed by atoms with Gasteiger partial charge in [0, 0.05) is 12.7 Å². The summed E-state index contributed by atoms with van der Waals surface area (Å²) in [4.78, 5) is 27.7. The number of aromatic amines is 1. The fraction of sp³-hybridized carbons (Fsp3) is 0.500. The Morgan fingerprint density at radius 2 is 1.93 bits per heavy atom. The number of aromatic nitrogens is 4. The standard InChI is InChI=1S/C16H19F3N4O3S/c1-6-26-13(25)10-7(2)11(20-8(10)3)12(24)9(4)27-15-22-21-14(23(15)5)16(17,18)19/h9,20H,6H2,1-5H3/t9-/m0/s1. The van der Waals surface area contributed by atoms with Crippen LogP contribution in [-0.4, -0.2) is 43.4 Å². The van der Waals surface area contributed by atoms with Crippen molar-refractivity contribution in [2.75, 3.05) is 6.61 Å². The van der Waals surface area contributed by atoms with Crippen LogP contribution in [0, 0.1) is 13.8 Å². The van der Waals surface area contributed by atoms with E-state index in [1.165, 1.54) is 7.05 Å². The van der Waals surface area contributed by atoms with Gasteiger partial charge in [0.1, 0.15) is 0 Å². The van der Waals surface area contributed by atoms with E-state index in [2.05, 4.69) is 15.2 Å². The third-order valence-electron chi connectivity index (χ3n) is 3.90. The highest BCUT2D eigenvalue weighted by Crippen LogP contribution is 2.32. The van der Waals surface area contributed by atoms with Gasteiger partial charge in [-0.05, 0) is 33.3 Å². The average Bonchev–Trinajstić information content (AvgIpc) is 3.06. The van der Waals surface area contributed by atoms with E-state index in [0.29, 0.717) is 11.3 Å². The van der Waals surface area contributed by atoms with Crippen LogP contribution in [0.25, 0.3) is 0 Å². The quantitative estimate of drug-likeness (QED) is 0.451.